The molecule has 0 aliphatic heterocycles. The van der Waals surface area contributed by atoms with Crippen LogP contribution in [0.15, 0.2) is 60.9 Å². The van der Waals surface area contributed by atoms with Gasteiger partial charge in [-0.3, -0.25) is 9.78 Å². The Morgan fingerprint density at radius 3 is 2.48 bits per heavy atom. The van der Waals surface area contributed by atoms with Gasteiger partial charge in [0.05, 0.1) is 19.4 Å². The van der Waals surface area contributed by atoms with E-state index in [0.717, 1.165) is 5.56 Å². The molecule has 3 aromatic rings. The lowest BCUT2D eigenvalue weighted by molar-refractivity contribution is 0.102. The van der Waals surface area contributed by atoms with Gasteiger partial charge in [-0.1, -0.05) is 0 Å². The Balaban J connectivity index is 1.72. The Kier molecular flexibility index (Phi) is 6.34. The maximum atomic E-state index is 12.7. The van der Waals surface area contributed by atoms with Crippen LogP contribution in [0.4, 0.5) is 5.69 Å². The molecule has 0 atom stereocenters. The molecule has 0 saturated heterocycles. The molecule has 3 rings (SSSR count). The van der Waals surface area contributed by atoms with Crippen molar-refractivity contribution in [3.05, 3.63) is 72.1 Å². The van der Waals surface area contributed by atoms with E-state index in [4.69, 9.17) is 14.2 Å². The van der Waals surface area contributed by atoms with E-state index in [0.29, 0.717) is 34.2 Å². The number of amides is 1. The zero-order chi connectivity index (χ0) is 20.8. The van der Waals surface area contributed by atoms with Gasteiger partial charge in [-0.2, -0.15) is 0 Å². The number of hydrogen-bond donors (Lipinski definition) is 1. The van der Waals surface area contributed by atoms with Crippen molar-refractivity contribution in [1.29, 1.82) is 0 Å². The number of aryl methyl sites for hydroxylation is 1. The van der Waals surface area contributed by atoms with Crippen molar-refractivity contribution in [1.82, 2.24) is 4.98 Å². The van der Waals surface area contributed by atoms with E-state index in [-0.39, 0.29) is 12.0 Å². The second kappa shape index (κ2) is 9.10. The fraction of sp³-hybridized carbons (Fsp3) is 0.217. The Morgan fingerprint density at radius 2 is 1.83 bits per heavy atom. The minimum Gasteiger partial charge on any atom is -0.493 e. The summed E-state index contributed by atoms with van der Waals surface area (Å²) in [5.41, 5.74) is 2.05. The van der Waals surface area contributed by atoms with Gasteiger partial charge in [0.2, 0.25) is 0 Å². The number of hydrogen-bond acceptors (Lipinski definition) is 5. The summed E-state index contributed by atoms with van der Waals surface area (Å²) >= 11 is 0. The van der Waals surface area contributed by atoms with Crippen molar-refractivity contribution < 1.29 is 19.0 Å². The molecule has 1 heterocycles. The molecule has 0 bridgehead atoms. The topological polar surface area (TPSA) is 69.7 Å². The van der Waals surface area contributed by atoms with Crippen LogP contribution in [0, 0.1) is 6.92 Å². The van der Waals surface area contributed by atoms with Crippen LogP contribution >= 0.6 is 0 Å². The third-order valence-electron chi connectivity index (χ3n) is 4.08. The number of ether oxygens (including phenoxy) is 3. The first-order chi connectivity index (χ1) is 14.0. The fourth-order valence-corrected chi connectivity index (χ4v) is 2.74. The van der Waals surface area contributed by atoms with Gasteiger partial charge in [-0.15, -0.1) is 0 Å². The predicted molar refractivity (Wildman–Crippen MR) is 112 cm³/mol. The minimum atomic E-state index is -0.236. The highest BCUT2D eigenvalue weighted by molar-refractivity contribution is 6.04. The molecule has 0 spiro atoms. The Morgan fingerprint density at radius 1 is 1.03 bits per heavy atom. The molecule has 6 heteroatoms. The predicted octanol–water partition coefficient (Wildman–Crippen LogP) is 5.23. The summed E-state index contributed by atoms with van der Waals surface area (Å²) in [6.45, 7) is 5.79. The van der Waals surface area contributed by atoms with Gasteiger partial charge in [-0.05, 0) is 74.9 Å². The van der Waals surface area contributed by atoms with E-state index >= 15 is 0 Å². The van der Waals surface area contributed by atoms with Crippen LogP contribution in [0.25, 0.3) is 0 Å². The van der Waals surface area contributed by atoms with Crippen LogP contribution < -0.4 is 19.5 Å². The second-order valence-corrected chi connectivity index (χ2v) is 6.76. The summed E-state index contributed by atoms with van der Waals surface area (Å²) in [6, 6.07) is 14.2. The van der Waals surface area contributed by atoms with E-state index in [2.05, 4.69) is 10.3 Å². The number of methoxy groups -OCH3 is 1. The molecule has 2 aromatic carbocycles. The number of carbonyl (C=O) groups excluding carboxylic acids is 1. The summed E-state index contributed by atoms with van der Waals surface area (Å²) in [6.07, 6.45) is 3.35. The number of benzene rings is 2. The number of aromatic nitrogens is 1. The molecule has 150 valence electrons. The van der Waals surface area contributed by atoms with Gasteiger partial charge in [0.15, 0.2) is 11.5 Å². The van der Waals surface area contributed by atoms with Crippen LogP contribution in [0.5, 0.6) is 23.0 Å². The van der Waals surface area contributed by atoms with Crippen LogP contribution in [0.2, 0.25) is 0 Å². The van der Waals surface area contributed by atoms with Crippen molar-refractivity contribution in [3.8, 4) is 23.0 Å². The number of nitrogens with one attached hydrogen (secondary N) is 1. The lowest BCUT2D eigenvalue weighted by Gasteiger charge is -2.15. The normalized spacial score (nSPS) is 10.5. The summed E-state index contributed by atoms with van der Waals surface area (Å²) in [4.78, 5) is 16.7. The number of pyridine rings is 1. The quantitative estimate of drug-likeness (QED) is 0.596. The van der Waals surface area contributed by atoms with Crippen LogP contribution in [0.3, 0.4) is 0 Å². The van der Waals surface area contributed by atoms with Crippen LogP contribution in [-0.4, -0.2) is 24.1 Å². The molecule has 0 fully saturated rings. The number of rotatable bonds is 7. The lowest BCUT2D eigenvalue weighted by atomic mass is 10.1. The van der Waals surface area contributed by atoms with E-state index in [1.165, 1.54) is 0 Å². The summed E-state index contributed by atoms with van der Waals surface area (Å²) < 4.78 is 16.9. The molecule has 0 saturated carbocycles. The highest BCUT2D eigenvalue weighted by atomic mass is 16.5. The van der Waals surface area contributed by atoms with Gasteiger partial charge in [0.1, 0.15) is 11.5 Å². The molecule has 0 aliphatic carbocycles. The molecule has 29 heavy (non-hydrogen) atoms. The lowest BCUT2D eigenvalue weighted by Crippen LogP contribution is -2.13. The van der Waals surface area contributed by atoms with Crippen molar-refractivity contribution in [2.75, 3.05) is 12.4 Å². The van der Waals surface area contributed by atoms with Crippen LogP contribution in [0.1, 0.15) is 29.8 Å². The number of anilines is 1. The van der Waals surface area contributed by atoms with Crippen molar-refractivity contribution in [2.24, 2.45) is 0 Å². The summed E-state index contributed by atoms with van der Waals surface area (Å²) in [5.74, 6) is 2.24. The van der Waals surface area contributed by atoms with Gasteiger partial charge in [-0.25, -0.2) is 0 Å². The van der Waals surface area contributed by atoms with Crippen LogP contribution in [-0.2, 0) is 0 Å². The number of nitrogens with zero attached hydrogens (tertiary/aromatic N) is 1. The molecule has 1 N–H and O–H groups in total. The average Bonchev–Trinajstić information content (AvgIpc) is 2.70. The van der Waals surface area contributed by atoms with Gasteiger partial charge in [0.25, 0.3) is 5.91 Å². The first-order valence-corrected chi connectivity index (χ1v) is 9.31. The van der Waals surface area contributed by atoms with Crippen molar-refractivity contribution in [2.45, 2.75) is 26.9 Å². The molecule has 1 aromatic heterocycles. The van der Waals surface area contributed by atoms with E-state index in [9.17, 15) is 4.79 Å². The highest BCUT2D eigenvalue weighted by Crippen LogP contribution is 2.30. The third kappa shape index (κ3) is 5.25. The zero-order valence-electron chi connectivity index (χ0n) is 16.9. The SMILES string of the molecule is COc1cc(C(=O)Nc2ccc(Oc3cccnc3)c(C)c2)ccc1OC(C)C. The monoisotopic (exact) mass is 392 g/mol. The third-order valence-corrected chi connectivity index (χ3v) is 4.08. The van der Waals surface area contributed by atoms with Gasteiger partial charge < -0.3 is 19.5 Å². The Hall–Kier alpha value is -3.54. The molecular weight excluding hydrogens is 368 g/mol. The Labute approximate surface area is 170 Å². The maximum Gasteiger partial charge on any atom is 0.255 e. The molecule has 0 aliphatic rings. The van der Waals surface area contributed by atoms with E-state index in [1.807, 2.05) is 45.0 Å². The Bertz CT molecular complexity index is 987. The smallest absolute Gasteiger partial charge is 0.255 e. The first-order valence-electron chi connectivity index (χ1n) is 9.31. The maximum absolute atomic E-state index is 12.7. The summed E-state index contributed by atoms with van der Waals surface area (Å²) in [5, 5.41) is 2.90. The highest BCUT2D eigenvalue weighted by Gasteiger charge is 2.13. The largest absolute Gasteiger partial charge is 0.493 e. The summed E-state index contributed by atoms with van der Waals surface area (Å²) in [7, 11) is 1.55. The molecular formula is C23H24N2O4. The minimum absolute atomic E-state index is 0.0129. The molecule has 6 nitrogen and oxygen atoms in total. The average molecular weight is 392 g/mol. The zero-order valence-corrected chi connectivity index (χ0v) is 16.9. The fourth-order valence-electron chi connectivity index (χ4n) is 2.74. The number of carbonyl (C=O) groups is 1. The molecule has 1 amide bonds. The van der Waals surface area contributed by atoms with E-state index < -0.39 is 0 Å². The standard InChI is InChI=1S/C23H24N2O4/c1-15(2)28-21-9-7-17(13-22(21)27-4)23(26)25-18-8-10-20(16(3)12-18)29-19-6-5-11-24-14-19/h5-15H,1-4H3,(H,25,26). The second-order valence-electron chi connectivity index (χ2n) is 6.76. The van der Waals surface area contributed by atoms with E-state index in [1.54, 1.807) is 43.8 Å². The molecule has 0 unspecified atom stereocenters. The molecule has 0 radical (unpaired) electrons. The first kappa shape index (κ1) is 20.2. The van der Waals surface area contributed by atoms with Gasteiger partial charge in [0, 0.05) is 17.4 Å². The van der Waals surface area contributed by atoms with Crippen molar-refractivity contribution >= 4 is 11.6 Å². The van der Waals surface area contributed by atoms with Crippen molar-refractivity contribution in [3.63, 3.8) is 0 Å². The van der Waals surface area contributed by atoms with Gasteiger partial charge >= 0.3 is 0 Å².